The minimum Gasteiger partial charge on any atom is -0.312 e. The zero-order chi connectivity index (χ0) is 13.7. The van der Waals surface area contributed by atoms with Crippen LogP contribution in [0.5, 0.6) is 0 Å². The topological polar surface area (TPSA) is 15.3 Å². The largest absolute Gasteiger partial charge is 0.312 e. The van der Waals surface area contributed by atoms with Gasteiger partial charge in [0.25, 0.3) is 0 Å². The van der Waals surface area contributed by atoms with Gasteiger partial charge in [-0.05, 0) is 44.6 Å². The third-order valence-electron chi connectivity index (χ3n) is 4.93. The van der Waals surface area contributed by atoms with Crippen LogP contribution >= 0.6 is 0 Å². The molecule has 2 rings (SSSR count). The van der Waals surface area contributed by atoms with Gasteiger partial charge in [0.05, 0.1) is 0 Å². The lowest BCUT2D eigenvalue weighted by molar-refractivity contribution is 0.103. The second kappa shape index (κ2) is 7.64. The van der Waals surface area contributed by atoms with Crippen LogP contribution in [0.15, 0.2) is 0 Å². The van der Waals surface area contributed by atoms with Crippen molar-refractivity contribution in [1.29, 1.82) is 0 Å². The zero-order valence-electron chi connectivity index (χ0n) is 13.3. The van der Waals surface area contributed by atoms with Crippen LogP contribution in [-0.4, -0.2) is 36.1 Å². The standard InChI is InChI=1S/C17H34N2/c1-4-12-18-16-10-7-11-17(16)19(13-14(2)3)15-8-5-6-9-15/h14-18H,4-13H2,1-3H3. The molecule has 0 aromatic heterocycles. The molecule has 112 valence electrons. The lowest BCUT2D eigenvalue weighted by atomic mass is 10.0. The van der Waals surface area contributed by atoms with E-state index in [1.165, 1.54) is 64.5 Å². The first-order valence-corrected chi connectivity index (χ1v) is 8.71. The Morgan fingerprint density at radius 3 is 2.42 bits per heavy atom. The minimum atomic E-state index is 0.763. The van der Waals surface area contributed by atoms with Crippen molar-refractivity contribution >= 4 is 0 Å². The molecule has 0 aromatic carbocycles. The molecule has 2 aliphatic rings. The first-order chi connectivity index (χ1) is 9.22. The fraction of sp³-hybridized carbons (Fsp3) is 1.00. The van der Waals surface area contributed by atoms with Gasteiger partial charge in [-0.3, -0.25) is 4.90 Å². The molecular weight excluding hydrogens is 232 g/mol. The van der Waals surface area contributed by atoms with Crippen molar-refractivity contribution in [2.75, 3.05) is 13.1 Å². The van der Waals surface area contributed by atoms with E-state index in [9.17, 15) is 0 Å². The van der Waals surface area contributed by atoms with E-state index in [-0.39, 0.29) is 0 Å². The molecule has 2 heteroatoms. The number of hydrogen-bond acceptors (Lipinski definition) is 2. The van der Waals surface area contributed by atoms with Gasteiger partial charge in [-0.1, -0.05) is 40.0 Å². The van der Waals surface area contributed by atoms with Gasteiger partial charge in [-0.25, -0.2) is 0 Å². The summed E-state index contributed by atoms with van der Waals surface area (Å²) in [6, 6.07) is 2.47. The third-order valence-corrected chi connectivity index (χ3v) is 4.93. The maximum Gasteiger partial charge on any atom is 0.0252 e. The van der Waals surface area contributed by atoms with E-state index in [1.807, 2.05) is 0 Å². The number of hydrogen-bond donors (Lipinski definition) is 1. The number of nitrogens with zero attached hydrogens (tertiary/aromatic N) is 1. The van der Waals surface area contributed by atoms with Crippen molar-refractivity contribution < 1.29 is 0 Å². The minimum absolute atomic E-state index is 0.763. The van der Waals surface area contributed by atoms with E-state index >= 15 is 0 Å². The summed E-state index contributed by atoms with van der Waals surface area (Å²) < 4.78 is 0. The number of nitrogens with one attached hydrogen (secondary N) is 1. The first-order valence-electron chi connectivity index (χ1n) is 8.71. The van der Waals surface area contributed by atoms with Gasteiger partial charge >= 0.3 is 0 Å². The summed E-state index contributed by atoms with van der Waals surface area (Å²) in [5.41, 5.74) is 0. The normalized spacial score (nSPS) is 28.9. The van der Waals surface area contributed by atoms with Crippen molar-refractivity contribution in [3.63, 3.8) is 0 Å². The van der Waals surface area contributed by atoms with Crippen LogP contribution in [0.4, 0.5) is 0 Å². The van der Waals surface area contributed by atoms with Gasteiger partial charge in [0.1, 0.15) is 0 Å². The second-order valence-electron chi connectivity index (χ2n) is 7.09. The Labute approximate surface area is 120 Å². The van der Waals surface area contributed by atoms with Crippen molar-refractivity contribution in [2.24, 2.45) is 5.92 Å². The predicted molar refractivity (Wildman–Crippen MR) is 83.5 cm³/mol. The SMILES string of the molecule is CCCNC1CCCC1N(CC(C)C)C1CCCC1. The van der Waals surface area contributed by atoms with Crippen LogP contribution in [0.2, 0.25) is 0 Å². The maximum atomic E-state index is 3.82. The maximum absolute atomic E-state index is 3.82. The Morgan fingerprint density at radius 1 is 1.05 bits per heavy atom. The first kappa shape index (κ1) is 15.3. The lowest BCUT2D eigenvalue weighted by Gasteiger charge is -2.39. The summed E-state index contributed by atoms with van der Waals surface area (Å²) in [7, 11) is 0. The summed E-state index contributed by atoms with van der Waals surface area (Å²) >= 11 is 0. The summed E-state index contributed by atoms with van der Waals surface area (Å²) in [6.07, 6.45) is 11.3. The van der Waals surface area contributed by atoms with Crippen LogP contribution in [0.3, 0.4) is 0 Å². The fourth-order valence-electron chi connectivity index (χ4n) is 4.12. The molecular formula is C17H34N2. The Kier molecular flexibility index (Phi) is 6.15. The highest BCUT2D eigenvalue weighted by molar-refractivity contribution is 4.94. The van der Waals surface area contributed by atoms with Gasteiger partial charge in [-0.15, -0.1) is 0 Å². The number of rotatable bonds is 7. The zero-order valence-corrected chi connectivity index (χ0v) is 13.3. The Morgan fingerprint density at radius 2 is 1.79 bits per heavy atom. The van der Waals surface area contributed by atoms with Gasteiger partial charge < -0.3 is 5.32 Å². The molecule has 2 nitrogen and oxygen atoms in total. The van der Waals surface area contributed by atoms with Gasteiger partial charge in [0, 0.05) is 24.7 Å². The molecule has 2 unspecified atom stereocenters. The molecule has 0 heterocycles. The molecule has 2 fully saturated rings. The third kappa shape index (κ3) is 4.19. The summed E-state index contributed by atoms with van der Waals surface area (Å²) in [5, 5.41) is 3.82. The molecule has 0 spiro atoms. The molecule has 0 aliphatic heterocycles. The highest BCUT2D eigenvalue weighted by Crippen LogP contribution is 2.32. The van der Waals surface area contributed by atoms with E-state index in [4.69, 9.17) is 0 Å². The molecule has 0 saturated heterocycles. The van der Waals surface area contributed by atoms with Gasteiger partial charge in [0.2, 0.25) is 0 Å². The van der Waals surface area contributed by atoms with Crippen molar-refractivity contribution in [2.45, 2.75) is 90.3 Å². The van der Waals surface area contributed by atoms with Crippen LogP contribution in [0, 0.1) is 5.92 Å². The van der Waals surface area contributed by atoms with E-state index in [0.717, 1.165) is 24.0 Å². The van der Waals surface area contributed by atoms with Gasteiger partial charge in [-0.2, -0.15) is 0 Å². The molecule has 2 atom stereocenters. The molecule has 2 saturated carbocycles. The fourth-order valence-corrected chi connectivity index (χ4v) is 4.12. The van der Waals surface area contributed by atoms with Crippen LogP contribution in [0.25, 0.3) is 0 Å². The molecule has 0 amide bonds. The van der Waals surface area contributed by atoms with Crippen molar-refractivity contribution in [3.8, 4) is 0 Å². The average molecular weight is 266 g/mol. The van der Waals surface area contributed by atoms with E-state index in [0.29, 0.717) is 0 Å². The van der Waals surface area contributed by atoms with E-state index < -0.39 is 0 Å². The summed E-state index contributed by atoms with van der Waals surface area (Å²) in [4.78, 5) is 2.90. The molecule has 0 bridgehead atoms. The lowest BCUT2D eigenvalue weighted by Crippen LogP contribution is -2.51. The van der Waals surface area contributed by atoms with Gasteiger partial charge in [0.15, 0.2) is 0 Å². The average Bonchev–Trinajstić information content (AvgIpc) is 3.04. The van der Waals surface area contributed by atoms with Crippen LogP contribution in [-0.2, 0) is 0 Å². The van der Waals surface area contributed by atoms with Crippen LogP contribution < -0.4 is 5.32 Å². The monoisotopic (exact) mass is 266 g/mol. The molecule has 1 N–H and O–H groups in total. The molecule has 0 aromatic rings. The molecule has 2 aliphatic carbocycles. The predicted octanol–water partition coefficient (Wildman–Crippen LogP) is 3.81. The van der Waals surface area contributed by atoms with Crippen molar-refractivity contribution in [3.05, 3.63) is 0 Å². The van der Waals surface area contributed by atoms with Crippen LogP contribution in [0.1, 0.15) is 72.1 Å². The Balaban J connectivity index is 1.98. The highest BCUT2D eigenvalue weighted by Gasteiger charge is 2.36. The van der Waals surface area contributed by atoms with E-state index in [2.05, 4.69) is 31.0 Å². The molecule has 0 radical (unpaired) electrons. The highest BCUT2D eigenvalue weighted by atomic mass is 15.2. The quantitative estimate of drug-likeness (QED) is 0.754. The van der Waals surface area contributed by atoms with E-state index in [1.54, 1.807) is 0 Å². The van der Waals surface area contributed by atoms with Crippen molar-refractivity contribution in [1.82, 2.24) is 10.2 Å². The summed E-state index contributed by atoms with van der Waals surface area (Å²) in [5.74, 6) is 0.799. The Hall–Kier alpha value is -0.0800. The second-order valence-corrected chi connectivity index (χ2v) is 7.09. The molecule has 19 heavy (non-hydrogen) atoms. The summed E-state index contributed by atoms with van der Waals surface area (Å²) in [6.45, 7) is 9.54. The smallest absolute Gasteiger partial charge is 0.0252 e. The Bertz CT molecular complexity index is 246.